The van der Waals surface area contributed by atoms with E-state index in [9.17, 15) is 4.79 Å². The third-order valence-electron chi connectivity index (χ3n) is 4.89. The topological polar surface area (TPSA) is 64.8 Å². The Morgan fingerprint density at radius 2 is 1.86 bits per heavy atom. The largest absolute Gasteiger partial charge is 0.495 e. The third-order valence-corrected chi connectivity index (χ3v) is 5.67. The molecule has 1 saturated heterocycles. The second-order valence-electron chi connectivity index (χ2n) is 6.07. The highest BCUT2D eigenvalue weighted by Gasteiger charge is 2.42. The normalized spacial score (nSPS) is 26.9. The molecule has 1 aromatic carbocycles. The van der Waals surface area contributed by atoms with Crippen LogP contribution in [0.5, 0.6) is 11.5 Å². The summed E-state index contributed by atoms with van der Waals surface area (Å²) >= 11 is 3.42. The van der Waals surface area contributed by atoms with E-state index in [0.717, 1.165) is 30.4 Å². The third kappa shape index (κ3) is 2.58. The van der Waals surface area contributed by atoms with Gasteiger partial charge in [-0.3, -0.25) is 4.79 Å². The van der Waals surface area contributed by atoms with E-state index in [1.807, 2.05) is 4.90 Å². The standard InChI is InChI=1S/C16H21BrN2O3/c1-21-13-5-10(6-14(22-2)15(13)17)16(20)19-7-9-3-4-12(18)11(9)8-19/h5-6,9,11-12H,3-4,7-8,18H2,1-2H3. The number of benzene rings is 1. The second kappa shape index (κ2) is 6.08. The number of amides is 1. The number of fused-ring (bicyclic) bond motifs is 1. The number of likely N-dealkylation sites (tertiary alicyclic amines) is 1. The van der Waals surface area contributed by atoms with E-state index in [-0.39, 0.29) is 11.9 Å². The van der Waals surface area contributed by atoms with Gasteiger partial charge in [-0.2, -0.15) is 0 Å². The number of methoxy groups -OCH3 is 2. The molecule has 120 valence electrons. The molecule has 1 amide bonds. The Kier molecular flexibility index (Phi) is 4.32. The summed E-state index contributed by atoms with van der Waals surface area (Å²) in [7, 11) is 3.15. The van der Waals surface area contributed by atoms with Gasteiger partial charge in [-0.1, -0.05) is 0 Å². The lowest BCUT2D eigenvalue weighted by atomic mass is 9.98. The van der Waals surface area contributed by atoms with Gasteiger partial charge in [-0.15, -0.1) is 0 Å². The minimum Gasteiger partial charge on any atom is -0.495 e. The van der Waals surface area contributed by atoms with E-state index < -0.39 is 0 Å². The van der Waals surface area contributed by atoms with Crippen molar-refractivity contribution in [2.24, 2.45) is 17.6 Å². The van der Waals surface area contributed by atoms with Crippen LogP contribution in [0, 0.1) is 11.8 Å². The summed E-state index contributed by atoms with van der Waals surface area (Å²) in [6.07, 6.45) is 2.21. The maximum absolute atomic E-state index is 12.8. The van der Waals surface area contributed by atoms with Gasteiger partial charge in [0.2, 0.25) is 0 Å². The average molecular weight is 369 g/mol. The van der Waals surface area contributed by atoms with Crippen molar-refractivity contribution in [3.63, 3.8) is 0 Å². The fourth-order valence-corrected chi connectivity index (χ4v) is 4.20. The molecule has 3 rings (SSSR count). The molecule has 0 aromatic heterocycles. The van der Waals surface area contributed by atoms with E-state index in [1.54, 1.807) is 26.4 Å². The fraction of sp³-hybridized carbons (Fsp3) is 0.562. The van der Waals surface area contributed by atoms with Gasteiger partial charge in [0.15, 0.2) is 0 Å². The number of halogens is 1. The summed E-state index contributed by atoms with van der Waals surface area (Å²) < 4.78 is 11.3. The number of ether oxygens (including phenoxy) is 2. The van der Waals surface area contributed by atoms with Crippen molar-refractivity contribution < 1.29 is 14.3 Å². The SMILES string of the molecule is COc1cc(C(=O)N2CC3CCC(N)C3C2)cc(OC)c1Br. The molecular weight excluding hydrogens is 348 g/mol. The van der Waals surface area contributed by atoms with Crippen LogP contribution in [0.25, 0.3) is 0 Å². The zero-order valence-corrected chi connectivity index (χ0v) is 14.4. The van der Waals surface area contributed by atoms with Crippen molar-refractivity contribution in [3.8, 4) is 11.5 Å². The first-order valence-corrected chi connectivity index (χ1v) is 8.30. The van der Waals surface area contributed by atoms with Crippen molar-refractivity contribution in [3.05, 3.63) is 22.2 Å². The van der Waals surface area contributed by atoms with Crippen molar-refractivity contribution in [1.29, 1.82) is 0 Å². The van der Waals surface area contributed by atoms with Crippen LogP contribution < -0.4 is 15.2 Å². The molecule has 6 heteroatoms. The van der Waals surface area contributed by atoms with E-state index in [4.69, 9.17) is 15.2 Å². The van der Waals surface area contributed by atoms with Crippen LogP contribution in [0.4, 0.5) is 0 Å². The molecule has 0 spiro atoms. The first-order valence-electron chi connectivity index (χ1n) is 7.51. The van der Waals surface area contributed by atoms with Gasteiger partial charge in [0.25, 0.3) is 5.91 Å². The van der Waals surface area contributed by atoms with Gasteiger partial charge < -0.3 is 20.1 Å². The first kappa shape index (κ1) is 15.6. The predicted octanol–water partition coefficient (Wildman–Crippen LogP) is 2.28. The highest BCUT2D eigenvalue weighted by atomic mass is 79.9. The minimum atomic E-state index is 0.0192. The molecule has 1 aromatic rings. The van der Waals surface area contributed by atoms with E-state index in [0.29, 0.717) is 28.9 Å². The van der Waals surface area contributed by atoms with E-state index in [1.165, 1.54) is 0 Å². The van der Waals surface area contributed by atoms with Gasteiger partial charge in [0, 0.05) is 24.7 Å². The molecule has 1 aliphatic heterocycles. The van der Waals surface area contributed by atoms with Crippen molar-refractivity contribution in [2.75, 3.05) is 27.3 Å². The van der Waals surface area contributed by atoms with E-state index in [2.05, 4.69) is 15.9 Å². The fourth-order valence-electron chi connectivity index (χ4n) is 3.65. The van der Waals surface area contributed by atoms with Gasteiger partial charge in [-0.25, -0.2) is 0 Å². The smallest absolute Gasteiger partial charge is 0.254 e. The van der Waals surface area contributed by atoms with Gasteiger partial charge >= 0.3 is 0 Å². The predicted molar refractivity (Wildman–Crippen MR) is 87.3 cm³/mol. The Morgan fingerprint density at radius 1 is 1.23 bits per heavy atom. The molecular formula is C16H21BrN2O3. The highest BCUT2D eigenvalue weighted by Crippen LogP contribution is 2.39. The Morgan fingerprint density at radius 3 is 2.41 bits per heavy atom. The summed E-state index contributed by atoms with van der Waals surface area (Å²) in [5, 5.41) is 0. The molecule has 0 bridgehead atoms. The summed E-state index contributed by atoms with van der Waals surface area (Å²) in [5.74, 6) is 2.21. The molecule has 5 nitrogen and oxygen atoms in total. The maximum Gasteiger partial charge on any atom is 0.254 e. The van der Waals surface area contributed by atoms with Gasteiger partial charge in [-0.05, 0) is 52.7 Å². The number of carbonyl (C=O) groups excluding carboxylic acids is 1. The van der Waals surface area contributed by atoms with Crippen molar-refractivity contribution >= 4 is 21.8 Å². The molecule has 1 saturated carbocycles. The summed E-state index contributed by atoms with van der Waals surface area (Å²) in [4.78, 5) is 14.7. The Hall–Kier alpha value is -1.27. The van der Waals surface area contributed by atoms with Gasteiger partial charge in [0.05, 0.1) is 14.2 Å². The molecule has 0 radical (unpaired) electrons. The van der Waals surface area contributed by atoms with Gasteiger partial charge in [0.1, 0.15) is 16.0 Å². The monoisotopic (exact) mass is 368 g/mol. The number of rotatable bonds is 3. The summed E-state index contributed by atoms with van der Waals surface area (Å²) in [6, 6.07) is 3.74. The van der Waals surface area contributed by atoms with Crippen LogP contribution in [0.15, 0.2) is 16.6 Å². The van der Waals surface area contributed by atoms with Crippen molar-refractivity contribution in [1.82, 2.24) is 4.90 Å². The lowest BCUT2D eigenvalue weighted by Gasteiger charge is -2.20. The zero-order valence-electron chi connectivity index (χ0n) is 12.8. The Balaban J connectivity index is 1.84. The summed E-state index contributed by atoms with van der Waals surface area (Å²) in [5.41, 5.74) is 6.74. The molecule has 3 unspecified atom stereocenters. The number of carbonyl (C=O) groups is 1. The number of hydrogen-bond donors (Lipinski definition) is 1. The molecule has 2 fully saturated rings. The average Bonchev–Trinajstić information content (AvgIpc) is 3.09. The van der Waals surface area contributed by atoms with Crippen LogP contribution in [-0.4, -0.2) is 44.2 Å². The Bertz CT molecular complexity index is 568. The minimum absolute atomic E-state index is 0.0192. The molecule has 2 N–H and O–H groups in total. The van der Waals surface area contributed by atoms with Crippen LogP contribution in [0.3, 0.4) is 0 Å². The van der Waals surface area contributed by atoms with Crippen molar-refractivity contribution in [2.45, 2.75) is 18.9 Å². The van der Waals surface area contributed by atoms with E-state index >= 15 is 0 Å². The number of hydrogen-bond acceptors (Lipinski definition) is 4. The highest BCUT2D eigenvalue weighted by molar-refractivity contribution is 9.10. The second-order valence-corrected chi connectivity index (χ2v) is 6.86. The lowest BCUT2D eigenvalue weighted by molar-refractivity contribution is 0.0779. The van der Waals surface area contributed by atoms with Crippen LogP contribution in [0.2, 0.25) is 0 Å². The quantitative estimate of drug-likeness (QED) is 0.888. The van der Waals surface area contributed by atoms with Crippen LogP contribution in [-0.2, 0) is 0 Å². The molecule has 22 heavy (non-hydrogen) atoms. The molecule has 1 aliphatic carbocycles. The van der Waals surface area contributed by atoms with Crippen LogP contribution in [0.1, 0.15) is 23.2 Å². The zero-order chi connectivity index (χ0) is 15.9. The Labute approximate surface area is 138 Å². The van der Waals surface area contributed by atoms with Crippen LogP contribution >= 0.6 is 15.9 Å². The number of nitrogens with zero attached hydrogens (tertiary/aromatic N) is 1. The summed E-state index contributed by atoms with van der Waals surface area (Å²) in [6.45, 7) is 1.56. The lowest BCUT2D eigenvalue weighted by Crippen LogP contribution is -2.33. The number of nitrogens with two attached hydrogens (primary N) is 1. The first-order chi connectivity index (χ1) is 10.5. The molecule has 2 aliphatic rings. The molecule has 3 atom stereocenters. The molecule has 1 heterocycles. The maximum atomic E-state index is 12.8.